The Morgan fingerprint density at radius 2 is 0.739 bits per heavy atom. The Bertz CT molecular complexity index is 191. The molecule has 0 aromatic carbocycles. The van der Waals surface area contributed by atoms with Crippen molar-refractivity contribution in [3.05, 3.63) is 0 Å². The van der Waals surface area contributed by atoms with Gasteiger partial charge in [0.25, 0.3) is 0 Å². The lowest BCUT2D eigenvalue weighted by Crippen LogP contribution is -2.16. The Morgan fingerprint density at radius 1 is 0.435 bits per heavy atom. The van der Waals surface area contributed by atoms with E-state index in [-0.39, 0.29) is 0 Å². The summed E-state index contributed by atoms with van der Waals surface area (Å²) in [5.74, 6) is 0. The highest BCUT2D eigenvalue weighted by Crippen LogP contribution is 1.83. The fraction of sp³-hybridized carbons (Fsp3) is 1.00. The molecule has 0 N–H and O–H groups in total. The molecule has 23 heavy (non-hydrogen) atoms. The van der Waals surface area contributed by atoms with Crippen LogP contribution in [0.3, 0.4) is 0 Å². The summed E-state index contributed by atoms with van der Waals surface area (Å²) in [6.07, 6.45) is 0. The minimum absolute atomic E-state index is 0.437. The molecule has 0 fully saturated rings. The standard InChI is InChI=1S/C14H30BO8/c1-16-3-5-18-7-9-20-11-13-22-15-23-14-12-21-10-8-19-6-4-17-2/h3-14H2,1-2H3. The smallest absolute Gasteiger partial charge is 0.411 e. The minimum Gasteiger partial charge on any atom is -0.411 e. The molecule has 0 aliphatic heterocycles. The van der Waals surface area contributed by atoms with Gasteiger partial charge in [0.1, 0.15) is 0 Å². The van der Waals surface area contributed by atoms with Crippen LogP contribution in [0.5, 0.6) is 0 Å². The molecule has 0 spiro atoms. The fourth-order valence-electron chi connectivity index (χ4n) is 1.29. The zero-order valence-corrected chi connectivity index (χ0v) is 14.3. The zero-order chi connectivity index (χ0) is 16.8. The normalized spacial score (nSPS) is 11.0. The second-order valence-electron chi connectivity index (χ2n) is 4.27. The van der Waals surface area contributed by atoms with Crippen LogP contribution in [0.2, 0.25) is 0 Å². The molecule has 0 saturated carbocycles. The van der Waals surface area contributed by atoms with Crippen molar-refractivity contribution in [2.24, 2.45) is 0 Å². The second kappa shape index (κ2) is 21.7. The molecule has 0 unspecified atom stereocenters. The monoisotopic (exact) mass is 337 g/mol. The Labute approximate surface area is 139 Å². The van der Waals surface area contributed by atoms with Crippen molar-refractivity contribution < 1.29 is 37.7 Å². The zero-order valence-electron chi connectivity index (χ0n) is 14.3. The molecule has 9 heteroatoms. The van der Waals surface area contributed by atoms with Gasteiger partial charge in [-0.15, -0.1) is 0 Å². The molecular weight excluding hydrogens is 307 g/mol. The summed E-state index contributed by atoms with van der Waals surface area (Å²) in [4.78, 5) is 0. The molecule has 0 rings (SSSR count). The summed E-state index contributed by atoms with van der Waals surface area (Å²) >= 11 is 0. The molecule has 0 aliphatic rings. The van der Waals surface area contributed by atoms with Gasteiger partial charge in [0, 0.05) is 14.2 Å². The predicted octanol–water partition coefficient (Wildman–Crippen LogP) is -0.0870. The maximum atomic E-state index is 5.30. The van der Waals surface area contributed by atoms with E-state index >= 15 is 0 Å². The number of ether oxygens (including phenoxy) is 6. The molecule has 0 amide bonds. The maximum absolute atomic E-state index is 5.30. The molecule has 0 saturated heterocycles. The summed E-state index contributed by atoms with van der Waals surface area (Å²) in [5.41, 5.74) is 0. The SMILES string of the molecule is COCCOCCOCCO[B]OCCOCCOCCOC. The third-order valence-corrected chi connectivity index (χ3v) is 2.43. The first-order valence-electron chi connectivity index (χ1n) is 7.75. The van der Waals surface area contributed by atoms with Gasteiger partial charge >= 0.3 is 7.69 Å². The van der Waals surface area contributed by atoms with Crippen LogP contribution in [-0.4, -0.2) is 101 Å². The second-order valence-corrected chi connectivity index (χ2v) is 4.27. The summed E-state index contributed by atoms with van der Waals surface area (Å²) < 4.78 is 41.0. The predicted molar refractivity (Wildman–Crippen MR) is 84.7 cm³/mol. The van der Waals surface area contributed by atoms with Crippen LogP contribution < -0.4 is 0 Å². The molecule has 0 aliphatic carbocycles. The van der Waals surface area contributed by atoms with E-state index in [4.69, 9.17) is 37.7 Å². The topological polar surface area (TPSA) is 73.8 Å². The first kappa shape index (κ1) is 22.7. The van der Waals surface area contributed by atoms with Crippen molar-refractivity contribution >= 4 is 7.69 Å². The Kier molecular flexibility index (Phi) is 21.5. The lowest BCUT2D eigenvalue weighted by molar-refractivity contribution is 0.0117. The number of methoxy groups -OCH3 is 2. The van der Waals surface area contributed by atoms with Crippen LogP contribution in [-0.2, 0) is 37.7 Å². The van der Waals surface area contributed by atoms with Crippen LogP contribution in [0.1, 0.15) is 0 Å². The molecule has 0 aromatic heterocycles. The highest BCUT2D eigenvalue weighted by atomic mass is 16.6. The quantitative estimate of drug-likeness (QED) is 0.226. The molecule has 137 valence electrons. The Morgan fingerprint density at radius 3 is 1.09 bits per heavy atom. The maximum Gasteiger partial charge on any atom is 0.488 e. The molecule has 0 heterocycles. The van der Waals surface area contributed by atoms with Crippen molar-refractivity contribution in [2.45, 2.75) is 0 Å². The van der Waals surface area contributed by atoms with Crippen LogP contribution in [0.4, 0.5) is 0 Å². The first-order valence-corrected chi connectivity index (χ1v) is 7.75. The van der Waals surface area contributed by atoms with Gasteiger partial charge in [0.05, 0.1) is 79.3 Å². The van der Waals surface area contributed by atoms with Gasteiger partial charge in [-0.3, -0.25) is 0 Å². The Hall–Kier alpha value is -0.255. The minimum atomic E-state index is 0.437. The van der Waals surface area contributed by atoms with Crippen LogP contribution in [0.25, 0.3) is 0 Å². The molecule has 1 radical (unpaired) electrons. The van der Waals surface area contributed by atoms with Crippen molar-refractivity contribution in [2.75, 3.05) is 93.5 Å². The van der Waals surface area contributed by atoms with E-state index in [2.05, 4.69) is 0 Å². The lowest BCUT2D eigenvalue weighted by Gasteiger charge is -2.07. The molecular formula is C14H30BO8. The lowest BCUT2D eigenvalue weighted by atomic mass is 10.4. The first-order chi connectivity index (χ1) is 11.4. The van der Waals surface area contributed by atoms with Crippen molar-refractivity contribution in [3.63, 3.8) is 0 Å². The number of hydrogen-bond donors (Lipinski definition) is 0. The third kappa shape index (κ3) is 21.7. The molecule has 0 bridgehead atoms. The fourth-order valence-corrected chi connectivity index (χ4v) is 1.29. The summed E-state index contributed by atoms with van der Waals surface area (Å²) in [5, 5.41) is 0. The van der Waals surface area contributed by atoms with Gasteiger partial charge in [-0.2, -0.15) is 0 Å². The third-order valence-electron chi connectivity index (χ3n) is 2.43. The van der Waals surface area contributed by atoms with E-state index < -0.39 is 0 Å². The highest BCUT2D eigenvalue weighted by molar-refractivity contribution is 6.17. The van der Waals surface area contributed by atoms with Crippen molar-refractivity contribution in [1.82, 2.24) is 0 Å². The van der Waals surface area contributed by atoms with E-state index in [1.807, 2.05) is 0 Å². The Balaban J connectivity index is 2.92. The van der Waals surface area contributed by atoms with E-state index in [0.717, 1.165) is 0 Å². The van der Waals surface area contributed by atoms with Gasteiger partial charge < -0.3 is 37.7 Å². The summed E-state index contributed by atoms with van der Waals surface area (Å²) in [7, 11) is 4.58. The van der Waals surface area contributed by atoms with Gasteiger partial charge in [-0.05, 0) is 0 Å². The average molecular weight is 337 g/mol. The number of rotatable bonds is 20. The summed E-state index contributed by atoms with van der Waals surface area (Å²) in [6.45, 7) is 6.39. The van der Waals surface area contributed by atoms with Gasteiger partial charge in [-0.25, -0.2) is 0 Å². The average Bonchev–Trinajstić information content (AvgIpc) is 2.57. The van der Waals surface area contributed by atoms with E-state index in [0.29, 0.717) is 79.3 Å². The van der Waals surface area contributed by atoms with Gasteiger partial charge in [0.2, 0.25) is 0 Å². The summed E-state index contributed by atoms with van der Waals surface area (Å²) in [6, 6.07) is 0. The van der Waals surface area contributed by atoms with E-state index in [1.165, 1.54) is 7.69 Å². The number of hydrogen-bond acceptors (Lipinski definition) is 8. The van der Waals surface area contributed by atoms with Crippen molar-refractivity contribution in [1.29, 1.82) is 0 Å². The molecule has 0 aromatic rings. The molecule has 8 nitrogen and oxygen atoms in total. The van der Waals surface area contributed by atoms with E-state index in [1.54, 1.807) is 14.2 Å². The van der Waals surface area contributed by atoms with Crippen LogP contribution in [0.15, 0.2) is 0 Å². The van der Waals surface area contributed by atoms with Crippen LogP contribution in [0, 0.1) is 0 Å². The van der Waals surface area contributed by atoms with Gasteiger partial charge in [0.15, 0.2) is 0 Å². The van der Waals surface area contributed by atoms with Crippen LogP contribution >= 0.6 is 0 Å². The highest BCUT2D eigenvalue weighted by Gasteiger charge is 1.96. The van der Waals surface area contributed by atoms with E-state index in [9.17, 15) is 0 Å². The van der Waals surface area contributed by atoms with Crippen molar-refractivity contribution in [3.8, 4) is 0 Å². The largest absolute Gasteiger partial charge is 0.488 e. The molecule has 0 atom stereocenters. The van der Waals surface area contributed by atoms with Gasteiger partial charge in [-0.1, -0.05) is 0 Å².